The van der Waals surface area contributed by atoms with Crippen molar-refractivity contribution in [3.8, 4) is 0 Å². The third kappa shape index (κ3) is 3.30. The summed E-state index contributed by atoms with van der Waals surface area (Å²) in [4.78, 5) is 2.61. The SMILES string of the molecule is CCNCc1ccc(N2CCCC2C(C)C)cc1C. The standard InChI is InChI=1S/C17H28N2/c1-5-18-12-15-8-9-16(11-14(15)4)19-10-6-7-17(19)13(2)3/h8-9,11,13,17-18H,5-7,10,12H2,1-4H3. The zero-order valence-electron chi connectivity index (χ0n) is 12.9. The van der Waals surface area contributed by atoms with Crippen molar-refractivity contribution in [3.63, 3.8) is 0 Å². The van der Waals surface area contributed by atoms with Gasteiger partial charge in [0, 0.05) is 24.8 Å². The van der Waals surface area contributed by atoms with Crippen LogP contribution >= 0.6 is 0 Å². The lowest BCUT2D eigenvalue weighted by Gasteiger charge is -2.30. The van der Waals surface area contributed by atoms with Gasteiger partial charge in [0.15, 0.2) is 0 Å². The van der Waals surface area contributed by atoms with Crippen molar-refractivity contribution in [3.05, 3.63) is 29.3 Å². The summed E-state index contributed by atoms with van der Waals surface area (Å²) in [6, 6.07) is 7.69. The minimum absolute atomic E-state index is 0.721. The number of nitrogens with zero attached hydrogens (tertiary/aromatic N) is 1. The summed E-state index contributed by atoms with van der Waals surface area (Å²) in [5, 5.41) is 3.41. The van der Waals surface area contributed by atoms with Gasteiger partial charge in [-0.2, -0.15) is 0 Å². The van der Waals surface area contributed by atoms with Crippen molar-refractivity contribution >= 4 is 5.69 Å². The van der Waals surface area contributed by atoms with Crippen LogP contribution in [0.4, 0.5) is 5.69 Å². The van der Waals surface area contributed by atoms with Gasteiger partial charge in [0.05, 0.1) is 0 Å². The summed E-state index contributed by atoms with van der Waals surface area (Å²) in [5.74, 6) is 0.740. The molecule has 1 aromatic carbocycles. The minimum atomic E-state index is 0.721. The van der Waals surface area contributed by atoms with Crippen molar-refractivity contribution in [2.45, 2.75) is 53.1 Å². The average molecular weight is 260 g/mol. The molecule has 1 aromatic rings. The van der Waals surface area contributed by atoms with E-state index in [1.165, 1.54) is 36.2 Å². The first-order valence-corrected chi connectivity index (χ1v) is 7.70. The van der Waals surface area contributed by atoms with Gasteiger partial charge < -0.3 is 10.2 Å². The van der Waals surface area contributed by atoms with E-state index in [1.807, 2.05) is 0 Å². The lowest BCUT2D eigenvalue weighted by molar-refractivity contribution is 0.492. The molecular weight excluding hydrogens is 232 g/mol. The number of benzene rings is 1. The van der Waals surface area contributed by atoms with Crippen molar-refractivity contribution in [1.82, 2.24) is 5.32 Å². The van der Waals surface area contributed by atoms with Crippen molar-refractivity contribution in [2.75, 3.05) is 18.0 Å². The summed E-state index contributed by atoms with van der Waals surface area (Å²) >= 11 is 0. The zero-order valence-corrected chi connectivity index (χ0v) is 12.9. The fourth-order valence-electron chi connectivity index (χ4n) is 3.12. The summed E-state index contributed by atoms with van der Waals surface area (Å²) in [6.45, 7) is 12.3. The number of aryl methyl sites for hydroxylation is 1. The van der Waals surface area contributed by atoms with E-state index in [4.69, 9.17) is 0 Å². The van der Waals surface area contributed by atoms with E-state index < -0.39 is 0 Å². The predicted molar refractivity (Wildman–Crippen MR) is 83.8 cm³/mol. The number of rotatable bonds is 5. The van der Waals surface area contributed by atoms with Crippen LogP contribution in [0.2, 0.25) is 0 Å². The van der Waals surface area contributed by atoms with Gasteiger partial charge in [-0.25, -0.2) is 0 Å². The van der Waals surface area contributed by atoms with Gasteiger partial charge >= 0.3 is 0 Å². The quantitative estimate of drug-likeness (QED) is 0.868. The van der Waals surface area contributed by atoms with E-state index in [9.17, 15) is 0 Å². The number of hydrogen-bond donors (Lipinski definition) is 1. The Morgan fingerprint density at radius 1 is 1.37 bits per heavy atom. The molecule has 2 heteroatoms. The lowest BCUT2D eigenvalue weighted by atomic mass is 10.0. The number of hydrogen-bond acceptors (Lipinski definition) is 2. The highest BCUT2D eigenvalue weighted by molar-refractivity contribution is 5.52. The smallest absolute Gasteiger partial charge is 0.0371 e. The lowest BCUT2D eigenvalue weighted by Crippen LogP contribution is -2.33. The number of nitrogens with one attached hydrogen (secondary N) is 1. The molecule has 1 atom stereocenters. The molecule has 1 unspecified atom stereocenters. The third-order valence-electron chi connectivity index (χ3n) is 4.29. The second kappa shape index (κ2) is 6.42. The first-order valence-electron chi connectivity index (χ1n) is 7.70. The molecule has 1 aliphatic rings. The van der Waals surface area contributed by atoms with E-state index >= 15 is 0 Å². The predicted octanol–water partition coefficient (Wildman–Crippen LogP) is 3.73. The van der Waals surface area contributed by atoms with Crippen LogP contribution in [0.1, 0.15) is 44.7 Å². The van der Waals surface area contributed by atoms with Crippen LogP contribution in [-0.2, 0) is 6.54 Å². The Morgan fingerprint density at radius 2 is 2.16 bits per heavy atom. The molecule has 0 saturated carbocycles. The second-order valence-electron chi connectivity index (χ2n) is 6.04. The molecular formula is C17H28N2. The molecule has 0 aromatic heterocycles. The molecule has 0 radical (unpaired) electrons. The van der Waals surface area contributed by atoms with Crippen LogP contribution in [0.25, 0.3) is 0 Å². The van der Waals surface area contributed by atoms with E-state index in [-0.39, 0.29) is 0 Å². The van der Waals surface area contributed by atoms with E-state index in [0.29, 0.717) is 0 Å². The van der Waals surface area contributed by atoms with Crippen molar-refractivity contribution < 1.29 is 0 Å². The Hall–Kier alpha value is -1.02. The molecule has 0 spiro atoms. The fourth-order valence-corrected chi connectivity index (χ4v) is 3.12. The Labute approximate surface area is 118 Å². The minimum Gasteiger partial charge on any atom is -0.368 e. The largest absolute Gasteiger partial charge is 0.368 e. The van der Waals surface area contributed by atoms with Crippen LogP contribution in [0.5, 0.6) is 0 Å². The van der Waals surface area contributed by atoms with Crippen LogP contribution in [0.15, 0.2) is 18.2 Å². The van der Waals surface area contributed by atoms with Crippen molar-refractivity contribution in [2.24, 2.45) is 5.92 Å². The van der Waals surface area contributed by atoms with Gasteiger partial charge in [0.2, 0.25) is 0 Å². The zero-order chi connectivity index (χ0) is 13.8. The van der Waals surface area contributed by atoms with Gasteiger partial charge in [0.1, 0.15) is 0 Å². The molecule has 19 heavy (non-hydrogen) atoms. The van der Waals surface area contributed by atoms with Crippen LogP contribution in [0, 0.1) is 12.8 Å². The van der Waals surface area contributed by atoms with Gasteiger partial charge in [-0.15, -0.1) is 0 Å². The first kappa shape index (κ1) is 14.4. The molecule has 1 heterocycles. The molecule has 1 N–H and O–H groups in total. The Balaban J connectivity index is 2.15. The highest BCUT2D eigenvalue weighted by atomic mass is 15.2. The molecule has 1 fully saturated rings. The molecule has 106 valence electrons. The Morgan fingerprint density at radius 3 is 2.79 bits per heavy atom. The normalized spacial score (nSPS) is 19.4. The molecule has 0 amide bonds. The molecule has 0 bridgehead atoms. The molecule has 2 nitrogen and oxygen atoms in total. The molecule has 2 rings (SSSR count). The van der Waals surface area contributed by atoms with E-state index in [0.717, 1.165) is 25.0 Å². The van der Waals surface area contributed by atoms with Gasteiger partial charge in [0.25, 0.3) is 0 Å². The summed E-state index contributed by atoms with van der Waals surface area (Å²) in [7, 11) is 0. The highest BCUT2D eigenvalue weighted by Crippen LogP contribution is 2.30. The summed E-state index contributed by atoms with van der Waals surface area (Å²) < 4.78 is 0. The maximum Gasteiger partial charge on any atom is 0.0371 e. The number of anilines is 1. The summed E-state index contributed by atoms with van der Waals surface area (Å²) in [5.41, 5.74) is 4.24. The summed E-state index contributed by atoms with van der Waals surface area (Å²) in [6.07, 6.45) is 2.68. The third-order valence-corrected chi connectivity index (χ3v) is 4.29. The van der Waals surface area contributed by atoms with Gasteiger partial charge in [-0.05, 0) is 55.5 Å². The van der Waals surface area contributed by atoms with Crippen LogP contribution in [-0.4, -0.2) is 19.1 Å². The first-order chi connectivity index (χ1) is 9.13. The highest BCUT2D eigenvalue weighted by Gasteiger charge is 2.27. The van der Waals surface area contributed by atoms with E-state index in [1.54, 1.807) is 0 Å². The molecule has 0 aliphatic carbocycles. The fraction of sp³-hybridized carbons (Fsp3) is 0.647. The Kier molecular flexibility index (Phi) is 4.87. The monoisotopic (exact) mass is 260 g/mol. The molecule has 1 saturated heterocycles. The van der Waals surface area contributed by atoms with Gasteiger partial charge in [-0.3, -0.25) is 0 Å². The average Bonchev–Trinajstić information content (AvgIpc) is 2.86. The van der Waals surface area contributed by atoms with Crippen LogP contribution in [0.3, 0.4) is 0 Å². The maximum absolute atomic E-state index is 3.41. The van der Waals surface area contributed by atoms with Crippen molar-refractivity contribution in [1.29, 1.82) is 0 Å². The molecule has 1 aliphatic heterocycles. The van der Waals surface area contributed by atoms with Crippen LogP contribution < -0.4 is 10.2 Å². The van der Waals surface area contributed by atoms with Gasteiger partial charge in [-0.1, -0.05) is 26.8 Å². The Bertz CT molecular complexity index is 412. The second-order valence-corrected chi connectivity index (χ2v) is 6.04. The maximum atomic E-state index is 3.41. The topological polar surface area (TPSA) is 15.3 Å². The van der Waals surface area contributed by atoms with E-state index in [2.05, 4.69) is 56.1 Å².